The van der Waals surface area contributed by atoms with Crippen molar-refractivity contribution in [3.05, 3.63) is 11.8 Å². The van der Waals surface area contributed by atoms with E-state index >= 15 is 0 Å². The summed E-state index contributed by atoms with van der Waals surface area (Å²) in [7, 11) is 0. The maximum atomic E-state index is 12.6. The Morgan fingerprint density at radius 1 is 1.37 bits per heavy atom. The maximum absolute atomic E-state index is 12.6. The summed E-state index contributed by atoms with van der Waals surface area (Å²) in [5.74, 6) is 0.949. The highest BCUT2D eigenvalue weighted by Gasteiger charge is 2.33. The number of halogens is 3. The third-order valence-corrected chi connectivity index (χ3v) is 3.41. The first kappa shape index (κ1) is 13.9. The molecule has 0 bridgehead atoms. The van der Waals surface area contributed by atoms with Gasteiger partial charge in [-0.15, -0.1) is 0 Å². The standard InChI is InChI=1S/C12H17F3N4/c1-7-2-3-8(4-7)6-17-10-5-9(12(13,14)15)18-11(16)19-10/h5,7-8H,2-4,6H2,1H3,(H3,16,17,18,19). The molecule has 0 aliphatic heterocycles. The number of alkyl halides is 3. The van der Waals surface area contributed by atoms with Gasteiger partial charge in [-0.25, -0.2) is 4.98 Å². The second kappa shape index (κ2) is 5.22. The first-order valence-electron chi connectivity index (χ1n) is 6.30. The Labute approximate surface area is 109 Å². The van der Waals surface area contributed by atoms with Gasteiger partial charge in [0.15, 0.2) is 5.69 Å². The van der Waals surface area contributed by atoms with Crippen LogP contribution in [0.15, 0.2) is 6.07 Å². The van der Waals surface area contributed by atoms with Crippen LogP contribution in [0.5, 0.6) is 0 Å². The van der Waals surface area contributed by atoms with Crippen molar-refractivity contribution in [3.8, 4) is 0 Å². The van der Waals surface area contributed by atoms with Crippen molar-refractivity contribution in [2.24, 2.45) is 11.8 Å². The van der Waals surface area contributed by atoms with E-state index < -0.39 is 11.9 Å². The zero-order chi connectivity index (χ0) is 14.0. The van der Waals surface area contributed by atoms with Gasteiger partial charge in [-0.1, -0.05) is 13.3 Å². The summed E-state index contributed by atoms with van der Waals surface area (Å²) in [4.78, 5) is 6.98. The summed E-state index contributed by atoms with van der Waals surface area (Å²) in [6, 6.07) is 0.898. The quantitative estimate of drug-likeness (QED) is 0.889. The lowest BCUT2D eigenvalue weighted by molar-refractivity contribution is -0.141. The van der Waals surface area contributed by atoms with Gasteiger partial charge >= 0.3 is 6.18 Å². The Balaban J connectivity index is 2.02. The second-order valence-corrected chi connectivity index (χ2v) is 5.16. The molecule has 1 heterocycles. The van der Waals surface area contributed by atoms with E-state index in [0.29, 0.717) is 18.4 Å². The number of nitrogens with one attached hydrogen (secondary N) is 1. The van der Waals surface area contributed by atoms with Crippen LogP contribution in [0.3, 0.4) is 0 Å². The topological polar surface area (TPSA) is 63.8 Å². The molecule has 4 nitrogen and oxygen atoms in total. The van der Waals surface area contributed by atoms with Crippen molar-refractivity contribution >= 4 is 11.8 Å². The van der Waals surface area contributed by atoms with Gasteiger partial charge in [0.25, 0.3) is 0 Å². The highest BCUT2D eigenvalue weighted by atomic mass is 19.4. The SMILES string of the molecule is CC1CCC(CNc2cc(C(F)(F)F)nc(N)n2)C1. The highest BCUT2D eigenvalue weighted by molar-refractivity contribution is 5.41. The van der Waals surface area contributed by atoms with E-state index in [-0.39, 0.29) is 11.8 Å². The largest absolute Gasteiger partial charge is 0.433 e. The van der Waals surface area contributed by atoms with Crippen LogP contribution in [0.25, 0.3) is 0 Å². The van der Waals surface area contributed by atoms with Crippen molar-refractivity contribution in [1.29, 1.82) is 0 Å². The Kier molecular flexibility index (Phi) is 3.82. The van der Waals surface area contributed by atoms with Gasteiger partial charge < -0.3 is 11.1 Å². The molecule has 2 unspecified atom stereocenters. The van der Waals surface area contributed by atoms with E-state index in [1.54, 1.807) is 0 Å². The number of aromatic nitrogens is 2. The van der Waals surface area contributed by atoms with Crippen LogP contribution >= 0.6 is 0 Å². The molecule has 1 saturated carbocycles. The van der Waals surface area contributed by atoms with Gasteiger partial charge in [0.1, 0.15) is 5.82 Å². The van der Waals surface area contributed by atoms with Crippen molar-refractivity contribution in [1.82, 2.24) is 9.97 Å². The fraction of sp³-hybridized carbons (Fsp3) is 0.667. The summed E-state index contributed by atoms with van der Waals surface area (Å²) < 4.78 is 37.7. The first-order valence-corrected chi connectivity index (χ1v) is 6.30. The Bertz CT molecular complexity index is 447. The molecule has 106 valence electrons. The number of rotatable bonds is 3. The average Bonchev–Trinajstić information content (AvgIpc) is 2.71. The van der Waals surface area contributed by atoms with Gasteiger partial charge in [-0.2, -0.15) is 18.2 Å². The van der Waals surface area contributed by atoms with Crippen molar-refractivity contribution < 1.29 is 13.2 Å². The van der Waals surface area contributed by atoms with Crippen molar-refractivity contribution in [2.45, 2.75) is 32.4 Å². The van der Waals surface area contributed by atoms with Crippen molar-refractivity contribution in [2.75, 3.05) is 17.6 Å². The Morgan fingerprint density at radius 3 is 2.68 bits per heavy atom. The van der Waals surface area contributed by atoms with E-state index in [9.17, 15) is 13.2 Å². The fourth-order valence-corrected chi connectivity index (χ4v) is 2.46. The normalized spacial score (nSPS) is 23.6. The lowest BCUT2D eigenvalue weighted by atomic mass is 10.1. The van der Waals surface area contributed by atoms with E-state index in [1.807, 2.05) is 0 Å². The van der Waals surface area contributed by atoms with Crippen LogP contribution in [-0.2, 0) is 6.18 Å². The first-order chi connectivity index (χ1) is 8.84. The molecule has 1 aromatic rings. The molecule has 3 N–H and O–H groups in total. The summed E-state index contributed by atoms with van der Waals surface area (Å²) in [5, 5.41) is 2.93. The van der Waals surface area contributed by atoms with Crippen LogP contribution in [-0.4, -0.2) is 16.5 Å². The Hall–Kier alpha value is -1.53. The summed E-state index contributed by atoms with van der Waals surface area (Å²) in [6.07, 6.45) is -1.14. The molecule has 1 aromatic heterocycles. The average molecular weight is 274 g/mol. The van der Waals surface area contributed by atoms with E-state index in [2.05, 4.69) is 22.2 Å². The molecule has 0 spiro atoms. The lowest BCUT2D eigenvalue weighted by Gasteiger charge is -2.13. The highest BCUT2D eigenvalue weighted by Crippen LogP contribution is 2.31. The summed E-state index contributed by atoms with van der Waals surface area (Å²) in [6.45, 7) is 2.81. The van der Waals surface area contributed by atoms with Crippen LogP contribution in [0.2, 0.25) is 0 Å². The smallest absolute Gasteiger partial charge is 0.370 e. The molecule has 0 radical (unpaired) electrons. The molecule has 19 heavy (non-hydrogen) atoms. The third-order valence-electron chi connectivity index (χ3n) is 3.41. The summed E-state index contributed by atoms with van der Waals surface area (Å²) in [5.41, 5.74) is 4.29. The molecule has 2 rings (SSSR count). The van der Waals surface area contributed by atoms with Gasteiger partial charge in [0, 0.05) is 12.6 Å². The molecule has 1 aliphatic rings. The number of nitrogen functional groups attached to an aromatic ring is 1. The molecule has 0 aromatic carbocycles. The van der Waals surface area contributed by atoms with Crippen LogP contribution in [0.1, 0.15) is 31.9 Å². The van der Waals surface area contributed by atoms with Gasteiger partial charge in [0.05, 0.1) is 0 Å². The third kappa shape index (κ3) is 3.71. The van der Waals surface area contributed by atoms with Crippen LogP contribution in [0.4, 0.5) is 24.9 Å². The van der Waals surface area contributed by atoms with Crippen LogP contribution < -0.4 is 11.1 Å². The minimum absolute atomic E-state index is 0.138. The predicted molar refractivity (Wildman–Crippen MR) is 66.4 cm³/mol. The molecule has 1 fully saturated rings. The predicted octanol–water partition coefficient (Wildman–Crippen LogP) is 2.93. The minimum Gasteiger partial charge on any atom is -0.370 e. The summed E-state index contributed by atoms with van der Waals surface area (Å²) >= 11 is 0. The molecule has 2 atom stereocenters. The van der Waals surface area contributed by atoms with Gasteiger partial charge in [-0.3, -0.25) is 0 Å². The van der Waals surface area contributed by atoms with Crippen molar-refractivity contribution in [3.63, 3.8) is 0 Å². The monoisotopic (exact) mass is 274 g/mol. The number of anilines is 2. The number of hydrogen-bond donors (Lipinski definition) is 2. The zero-order valence-electron chi connectivity index (χ0n) is 10.7. The maximum Gasteiger partial charge on any atom is 0.433 e. The molecular formula is C12H17F3N4. The zero-order valence-corrected chi connectivity index (χ0v) is 10.7. The van der Waals surface area contributed by atoms with E-state index in [4.69, 9.17) is 5.73 Å². The Morgan fingerprint density at radius 2 is 2.11 bits per heavy atom. The number of hydrogen-bond acceptors (Lipinski definition) is 4. The van der Waals surface area contributed by atoms with Gasteiger partial charge in [-0.05, 0) is 24.7 Å². The van der Waals surface area contributed by atoms with Crippen LogP contribution in [0, 0.1) is 11.8 Å². The molecule has 7 heteroatoms. The number of nitrogens with two attached hydrogens (primary N) is 1. The fourth-order valence-electron chi connectivity index (χ4n) is 2.46. The van der Waals surface area contributed by atoms with E-state index in [0.717, 1.165) is 18.9 Å². The van der Waals surface area contributed by atoms with Gasteiger partial charge in [0.2, 0.25) is 5.95 Å². The molecule has 0 amide bonds. The second-order valence-electron chi connectivity index (χ2n) is 5.16. The lowest BCUT2D eigenvalue weighted by Crippen LogP contribution is -2.16. The number of nitrogens with zero attached hydrogens (tertiary/aromatic N) is 2. The molecule has 1 aliphatic carbocycles. The molecular weight excluding hydrogens is 257 g/mol. The molecule has 0 saturated heterocycles. The van der Waals surface area contributed by atoms with E-state index in [1.165, 1.54) is 6.42 Å². The minimum atomic E-state index is -4.50.